The number of nitrogens with zero attached hydrogens (tertiary/aromatic N) is 4. The van der Waals surface area contributed by atoms with E-state index in [4.69, 9.17) is 0 Å². The van der Waals surface area contributed by atoms with Crippen molar-refractivity contribution in [1.29, 1.82) is 0 Å². The van der Waals surface area contributed by atoms with Gasteiger partial charge in [0.15, 0.2) is 17.5 Å². The van der Waals surface area contributed by atoms with Gasteiger partial charge >= 0.3 is 0 Å². The minimum atomic E-state index is -0.965. The molecule has 7 heteroatoms. The normalized spacial score (nSPS) is 16.1. The Morgan fingerprint density at radius 3 is 2.68 bits per heavy atom. The third-order valence-electron chi connectivity index (χ3n) is 5.11. The van der Waals surface area contributed by atoms with Crippen molar-refractivity contribution < 1.29 is 13.6 Å². The summed E-state index contributed by atoms with van der Waals surface area (Å²) >= 11 is 0. The summed E-state index contributed by atoms with van der Waals surface area (Å²) in [4.78, 5) is 14.5. The van der Waals surface area contributed by atoms with Gasteiger partial charge in [-0.3, -0.25) is 4.79 Å². The Morgan fingerprint density at radius 2 is 1.89 bits per heavy atom. The van der Waals surface area contributed by atoms with Crippen molar-refractivity contribution in [2.24, 2.45) is 0 Å². The summed E-state index contributed by atoms with van der Waals surface area (Å²) in [5.74, 6) is -0.652. The standard InChI is InChI=1S/C21H20F2N4O/c1-14-24-25-19-13-26(20(28)11-16-8-5-9-18(22)21(16)23)12-17(27(14)19)10-15-6-3-2-4-7-15/h2-9,17H,10-13H2,1H3/t17-/m1/s1. The van der Waals surface area contributed by atoms with Crippen molar-refractivity contribution in [3.63, 3.8) is 0 Å². The van der Waals surface area contributed by atoms with Crippen LogP contribution in [0.3, 0.4) is 0 Å². The van der Waals surface area contributed by atoms with Crippen LogP contribution in [0, 0.1) is 18.6 Å². The molecule has 4 rings (SSSR count). The van der Waals surface area contributed by atoms with E-state index >= 15 is 0 Å². The van der Waals surface area contributed by atoms with Gasteiger partial charge < -0.3 is 9.47 Å². The van der Waals surface area contributed by atoms with Crippen molar-refractivity contribution in [2.75, 3.05) is 6.54 Å². The highest BCUT2D eigenvalue weighted by molar-refractivity contribution is 5.79. The largest absolute Gasteiger partial charge is 0.333 e. The Morgan fingerprint density at radius 1 is 1.11 bits per heavy atom. The Labute approximate surface area is 161 Å². The van der Waals surface area contributed by atoms with Gasteiger partial charge in [-0.1, -0.05) is 42.5 Å². The summed E-state index contributed by atoms with van der Waals surface area (Å²) < 4.78 is 29.5. The Hall–Kier alpha value is -3.09. The molecule has 1 aliphatic rings. The van der Waals surface area contributed by atoms with Crippen molar-refractivity contribution in [2.45, 2.75) is 32.4 Å². The minimum absolute atomic E-state index is 0.0116. The van der Waals surface area contributed by atoms with Crippen LogP contribution in [-0.4, -0.2) is 32.1 Å². The van der Waals surface area contributed by atoms with E-state index in [1.165, 1.54) is 12.1 Å². The maximum Gasteiger partial charge on any atom is 0.227 e. The van der Waals surface area contributed by atoms with Gasteiger partial charge in [-0.25, -0.2) is 8.78 Å². The van der Waals surface area contributed by atoms with Gasteiger partial charge in [0.2, 0.25) is 5.91 Å². The van der Waals surface area contributed by atoms with Gasteiger partial charge in [0.05, 0.1) is 19.0 Å². The molecule has 0 saturated carbocycles. The molecule has 0 unspecified atom stereocenters. The molecule has 5 nitrogen and oxygen atoms in total. The smallest absolute Gasteiger partial charge is 0.227 e. The molecule has 0 aliphatic carbocycles. The molecule has 0 radical (unpaired) electrons. The van der Waals surface area contributed by atoms with Crippen LogP contribution in [0.4, 0.5) is 8.78 Å². The van der Waals surface area contributed by atoms with Crippen molar-refractivity contribution in [3.8, 4) is 0 Å². The third-order valence-corrected chi connectivity index (χ3v) is 5.11. The van der Waals surface area contributed by atoms with Crippen LogP contribution >= 0.6 is 0 Å². The summed E-state index contributed by atoms with van der Waals surface area (Å²) in [6, 6.07) is 13.9. The van der Waals surface area contributed by atoms with E-state index in [1.54, 1.807) is 4.90 Å². The lowest BCUT2D eigenvalue weighted by Crippen LogP contribution is -2.43. The highest BCUT2D eigenvalue weighted by Gasteiger charge is 2.31. The average molecular weight is 382 g/mol. The van der Waals surface area contributed by atoms with Crippen LogP contribution in [-0.2, 0) is 24.2 Å². The molecule has 2 aromatic carbocycles. The number of hydrogen-bond acceptors (Lipinski definition) is 3. The van der Waals surface area contributed by atoms with Crippen LogP contribution in [0.25, 0.3) is 0 Å². The molecule has 144 valence electrons. The number of halogens is 2. The zero-order valence-electron chi connectivity index (χ0n) is 15.5. The maximum atomic E-state index is 14.0. The van der Waals surface area contributed by atoms with Crippen LogP contribution in [0.2, 0.25) is 0 Å². The first-order valence-electron chi connectivity index (χ1n) is 9.18. The molecule has 1 amide bonds. The fourth-order valence-corrected chi connectivity index (χ4v) is 3.76. The van der Waals surface area contributed by atoms with E-state index in [1.807, 2.05) is 37.3 Å². The third kappa shape index (κ3) is 3.52. The summed E-state index contributed by atoms with van der Waals surface area (Å²) in [5, 5.41) is 8.36. The molecule has 1 aromatic heterocycles. The molecule has 0 bridgehead atoms. The van der Waals surface area contributed by atoms with Gasteiger partial charge in [-0.05, 0) is 25.0 Å². The lowest BCUT2D eigenvalue weighted by molar-refractivity contribution is -0.132. The average Bonchev–Trinajstić information content (AvgIpc) is 3.07. The van der Waals surface area contributed by atoms with Crippen molar-refractivity contribution >= 4 is 5.91 Å². The van der Waals surface area contributed by atoms with Gasteiger partial charge in [-0.15, -0.1) is 10.2 Å². The molecule has 1 atom stereocenters. The van der Waals surface area contributed by atoms with Gasteiger partial charge in [-0.2, -0.15) is 0 Å². The number of rotatable bonds is 4. The SMILES string of the molecule is Cc1nnc2n1[C@H](Cc1ccccc1)CN(C(=O)Cc1cccc(F)c1F)C2. The predicted molar refractivity (Wildman–Crippen MR) is 99.4 cm³/mol. The quantitative estimate of drug-likeness (QED) is 0.696. The van der Waals surface area contributed by atoms with E-state index in [9.17, 15) is 13.6 Å². The number of carbonyl (C=O) groups excluding carboxylic acids is 1. The molecule has 0 fully saturated rings. The fraction of sp³-hybridized carbons (Fsp3) is 0.286. The number of benzene rings is 2. The highest BCUT2D eigenvalue weighted by atomic mass is 19.2. The van der Waals surface area contributed by atoms with Crippen molar-refractivity contribution in [3.05, 3.63) is 82.9 Å². The molecule has 1 aliphatic heterocycles. The van der Waals surface area contributed by atoms with Crippen LogP contribution < -0.4 is 0 Å². The zero-order chi connectivity index (χ0) is 19.7. The van der Waals surface area contributed by atoms with Crippen LogP contribution in [0.1, 0.15) is 28.8 Å². The second kappa shape index (κ2) is 7.50. The van der Waals surface area contributed by atoms with Crippen molar-refractivity contribution in [1.82, 2.24) is 19.7 Å². The first kappa shape index (κ1) is 18.3. The van der Waals surface area contributed by atoms with Crippen LogP contribution in [0.5, 0.6) is 0 Å². The molecule has 28 heavy (non-hydrogen) atoms. The maximum absolute atomic E-state index is 14.0. The highest BCUT2D eigenvalue weighted by Crippen LogP contribution is 2.26. The molecular formula is C21H20F2N4O. The Bertz CT molecular complexity index is 1000. The number of fused-ring (bicyclic) bond motifs is 1. The summed E-state index contributed by atoms with van der Waals surface area (Å²) in [5.41, 5.74) is 1.21. The summed E-state index contributed by atoms with van der Waals surface area (Å²) in [6.07, 6.45) is 0.541. The Balaban J connectivity index is 1.57. The first-order chi connectivity index (χ1) is 13.5. The minimum Gasteiger partial charge on any atom is -0.333 e. The number of aryl methyl sites for hydroxylation is 1. The summed E-state index contributed by atoms with van der Waals surface area (Å²) in [7, 11) is 0. The number of amides is 1. The second-order valence-corrected chi connectivity index (χ2v) is 7.04. The van der Waals surface area contributed by atoms with Crippen LogP contribution in [0.15, 0.2) is 48.5 Å². The summed E-state index contributed by atoms with van der Waals surface area (Å²) in [6.45, 7) is 2.67. The molecule has 3 aromatic rings. The molecule has 0 N–H and O–H groups in total. The molecule has 0 spiro atoms. The van der Waals surface area contributed by atoms with E-state index in [-0.39, 0.29) is 23.9 Å². The lowest BCUT2D eigenvalue weighted by Gasteiger charge is -2.34. The zero-order valence-corrected chi connectivity index (χ0v) is 15.5. The van der Waals surface area contributed by atoms with Gasteiger partial charge in [0.25, 0.3) is 0 Å². The molecular weight excluding hydrogens is 362 g/mol. The van der Waals surface area contributed by atoms with E-state index < -0.39 is 11.6 Å². The fourth-order valence-electron chi connectivity index (χ4n) is 3.76. The van der Waals surface area contributed by atoms with E-state index in [2.05, 4.69) is 14.8 Å². The topological polar surface area (TPSA) is 51.0 Å². The molecule has 0 saturated heterocycles. The number of carbonyl (C=O) groups is 1. The van der Waals surface area contributed by atoms with E-state index in [0.29, 0.717) is 18.9 Å². The second-order valence-electron chi connectivity index (χ2n) is 7.04. The monoisotopic (exact) mass is 382 g/mol. The molecule has 2 heterocycles. The van der Waals surface area contributed by atoms with Gasteiger partial charge in [0, 0.05) is 12.1 Å². The lowest BCUT2D eigenvalue weighted by atomic mass is 10.0. The number of hydrogen-bond donors (Lipinski definition) is 0. The van der Waals surface area contributed by atoms with Gasteiger partial charge in [0.1, 0.15) is 5.82 Å². The number of aromatic nitrogens is 3. The predicted octanol–water partition coefficient (Wildman–Crippen LogP) is 3.23. The Kier molecular flexibility index (Phi) is 4.90. The van der Waals surface area contributed by atoms with E-state index in [0.717, 1.165) is 23.9 Å². The first-order valence-corrected chi connectivity index (χ1v) is 9.18.